The zero-order valence-electron chi connectivity index (χ0n) is 7.24. The minimum atomic E-state index is 0. The monoisotopic (exact) mass is 290 g/mol. The summed E-state index contributed by atoms with van der Waals surface area (Å²) >= 11 is 0. The van der Waals surface area contributed by atoms with Crippen LogP contribution in [-0.2, 0) is 26.2 Å². The standard InChI is InChI=1S/2C5H5.2ClH.Zr/c2*1-2-4-5-3-1;;;/h2*1H,2,4H2;2*1H;/q2*-1;;;+4/p-2. The van der Waals surface area contributed by atoms with Crippen LogP contribution in [0.4, 0.5) is 0 Å². The Hall–Kier alpha value is 0.503. The first-order chi connectivity index (χ1) is 5.00. The summed E-state index contributed by atoms with van der Waals surface area (Å²) in [5, 5.41) is 0. The first-order valence-corrected chi connectivity index (χ1v) is 3.60. The fourth-order valence-corrected chi connectivity index (χ4v) is 0.722. The molecule has 2 aliphatic carbocycles. The van der Waals surface area contributed by atoms with E-state index in [1.165, 1.54) is 0 Å². The summed E-state index contributed by atoms with van der Waals surface area (Å²) in [6, 6.07) is 0. The van der Waals surface area contributed by atoms with Crippen molar-refractivity contribution in [1.29, 1.82) is 0 Å². The van der Waals surface area contributed by atoms with Crippen molar-refractivity contribution in [3.8, 4) is 0 Å². The third-order valence-corrected chi connectivity index (χ3v) is 1.24. The molecule has 0 bridgehead atoms. The van der Waals surface area contributed by atoms with Crippen molar-refractivity contribution in [2.24, 2.45) is 0 Å². The smallest absolute Gasteiger partial charge is 1.00 e. The van der Waals surface area contributed by atoms with Gasteiger partial charge in [-0.3, -0.25) is 0 Å². The van der Waals surface area contributed by atoms with Gasteiger partial charge in [-0.15, -0.1) is 25.7 Å². The van der Waals surface area contributed by atoms with Gasteiger partial charge in [-0.25, -0.2) is 12.2 Å². The molecule has 3 heteroatoms. The molecule has 0 aromatic carbocycles. The van der Waals surface area contributed by atoms with Crippen molar-refractivity contribution >= 4 is 0 Å². The maximum Gasteiger partial charge on any atom is 4.00 e. The van der Waals surface area contributed by atoms with Gasteiger partial charge in [0.05, 0.1) is 0 Å². The van der Waals surface area contributed by atoms with Crippen LogP contribution >= 0.6 is 0 Å². The SMILES string of the molecule is C1=[C-]CCC=1.C1=[C-]CCC=1.[Cl-].[Cl-].[Zr+4]. The maximum absolute atomic E-state index is 2.92. The van der Waals surface area contributed by atoms with Crippen LogP contribution in [0.2, 0.25) is 0 Å². The topological polar surface area (TPSA) is 0 Å². The van der Waals surface area contributed by atoms with Gasteiger partial charge in [0.1, 0.15) is 0 Å². The molecule has 2 aliphatic rings. The van der Waals surface area contributed by atoms with E-state index in [0.717, 1.165) is 25.7 Å². The number of rotatable bonds is 0. The number of hydrogen-bond acceptors (Lipinski definition) is 0. The Bertz CT molecular complexity index is 169. The van der Waals surface area contributed by atoms with Gasteiger partial charge in [0.25, 0.3) is 0 Å². The fraction of sp³-hybridized carbons (Fsp3) is 0.400. The van der Waals surface area contributed by atoms with Gasteiger partial charge in [0.15, 0.2) is 0 Å². The third kappa shape index (κ3) is 12.5. The predicted molar refractivity (Wildman–Crippen MR) is 41.1 cm³/mol. The van der Waals surface area contributed by atoms with E-state index in [1.807, 2.05) is 12.2 Å². The summed E-state index contributed by atoms with van der Waals surface area (Å²) in [5.74, 6) is 0. The normalized spacial score (nSPS) is 13.5. The summed E-state index contributed by atoms with van der Waals surface area (Å²) in [5.41, 5.74) is 5.69. The molecule has 13 heavy (non-hydrogen) atoms. The molecule has 0 nitrogen and oxygen atoms in total. The number of hydrogen-bond donors (Lipinski definition) is 0. The van der Waals surface area contributed by atoms with E-state index >= 15 is 0 Å². The zero-order valence-corrected chi connectivity index (χ0v) is 11.2. The van der Waals surface area contributed by atoms with Crippen LogP contribution in [0, 0.1) is 12.2 Å². The Morgan fingerprint density at radius 1 is 0.846 bits per heavy atom. The number of halogens is 2. The van der Waals surface area contributed by atoms with Gasteiger partial charge >= 0.3 is 26.2 Å². The van der Waals surface area contributed by atoms with Crippen LogP contribution < -0.4 is 24.8 Å². The molecular weight excluding hydrogens is 282 g/mol. The summed E-state index contributed by atoms with van der Waals surface area (Å²) < 4.78 is 0. The summed E-state index contributed by atoms with van der Waals surface area (Å²) in [7, 11) is 0. The molecule has 0 spiro atoms. The first-order valence-electron chi connectivity index (χ1n) is 3.60. The first kappa shape index (κ1) is 19.1. The van der Waals surface area contributed by atoms with Crippen molar-refractivity contribution in [2.45, 2.75) is 25.7 Å². The quantitative estimate of drug-likeness (QED) is 0.322. The molecule has 0 fully saturated rings. The van der Waals surface area contributed by atoms with E-state index in [-0.39, 0.29) is 51.0 Å². The minimum absolute atomic E-state index is 0. The van der Waals surface area contributed by atoms with E-state index in [4.69, 9.17) is 0 Å². The Kier molecular flexibility index (Phi) is 22.1. The molecule has 0 atom stereocenters. The fourth-order valence-electron chi connectivity index (χ4n) is 0.722. The number of allylic oxidation sites excluding steroid dienone is 2. The van der Waals surface area contributed by atoms with Gasteiger partial charge < -0.3 is 36.3 Å². The van der Waals surface area contributed by atoms with Crippen LogP contribution in [-0.4, -0.2) is 0 Å². The van der Waals surface area contributed by atoms with Crippen LogP contribution in [0.25, 0.3) is 0 Å². The molecular formula is C10H10Cl2Zr. The summed E-state index contributed by atoms with van der Waals surface area (Å²) in [4.78, 5) is 0. The van der Waals surface area contributed by atoms with Crippen molar-refractivity contribution in [3.63, 3.8) is 0 Å². The molecule has 0 N–H and O–H groups in total. The van der Waals surface area contributed by atoms with Gasteiger partial charge in [-0.1, -0.05) is 0 Å². The van der Waals surface area contributed by atoms with Crippen molar-refractivity contribution in [2.75, 3.05) is 0 Å². The molecule has 0 radical (unpaired) electrons. The second-order valence-electron chi connectivity index (χ2n) is 2.13. The van der Waals surface area contributed by atoms with E-state index < -0.39 is 0 Å². The van der Waals surface area contributed by atoms with E-state index in [9.17, 15) is 0 Å². The predicted octanol–water partition coefficient (Wildman–Crippen LogP) is -3.41. The third-order valence-electron chi connectivity index (χ3n) is 1.24. The molecule has 0 saturated carbocycles. The van der Waals surface area contributed by atoms with Crippen LogP contribution in [0.3, 0.4) is 0 Å². The van der Waals surface area contributed by atoms with Crippen molar-refractivity contribution in [1.82, 2.24) is 0 Å². The Morgan fingerprint density at radius 2 is 1.23 bits per heavy atom. The largest absolute Gasteiger partial charge is 4.00 e. The zero-order chi connectivity index (χ0) is 7.07. The van der Waals surface area contributed by atoms with E-state index in [0.29, 0.717) is 0 Å². The second kappa shape index (κ2) is 15.0. The Morgan fingerprint density at radius 3 is 1.31 bits per heavy atom. The average molecular weight is 292 g/mol. The van der Waals surface area contributed by atoms with Crippen LogP contribution in [0.5, 0.6) is 0 Å². The molecule has 0 amide bonds. The van der Waals surface area contributed by atoms with Crippen molar-refractivity contribution in [3.05, 3.63) is 35.8 Å². The van der Waals surface area contributed by atoms with Gasteiger partial charge in [0.2, 0.25) is 0 Å². The van der Waals surface area contributed by atoms with Crippen LogP contribution in [0.15, 0.2) is 23.6 Å². The summed E-state index contributed by atoms with van der Waals surface area (Å²) in [6.45, 7) is 0. The Labute approximate surface area is 112 Å². The van der Waals surface area contributed by atoms with Crippen LogP contribution in [0.1, 0.15) is 25.7 Å². The Balaban J connectivity index is -0.000000125. The molecule has 0 heterocycles. The molecule has 0 saturated heterocycles. The average Bonchev–Trinajstić information content (AvgIpc) is 2.67. The molecule has 0 unspecified atom stereocenters. The van der Waals surface area contributed by atoms with Gasteiger partial charge in [0, 0.05) is 0 Å². The van der Waals surface area contributed by atoms with Crippen molar-refractivity contribution < 1.29 is 51.0 Å². The second-order valence-corrected chi connectivity index (χ2v) is 2.13. The summed E-state index contributed by atoms with van der Waals surface area (Å²) in [6.07, 6.45) is 14.3. The molecule has 0 aliphatic heterocycles. The van der Waals surface area contributed by atoms with E-state index in [1.54, 1.807) is 0 Å². The minimum Gasteiger partial charge on any atom is -1.00 e. The van der Waals surface area contributed by atoms with Gasteiger partial charge in [-0.2, -0.15) is 12.2 Å². The van der Waals surface area contributed by atoms with Gasteiger partial charge in [-0.05, 0) is 0 Å². The molecule has 0 aromatic rings. The molecule has 68 valence electrons. The maximum atomic E-state index is 2.92. The molecule has 2 rings (SSSR count). The van der Waals surface area contributed by atoms with E-state index in [2.05, 4.69) is 23.6 Å². The molecule has 0 aromatic heterocycles.